The van der Waals surface area contributed by atoms with Crippen molar-refractivity contribution in [3.63, 3.8) is 0 Å². The first-order valence-electron chi connectivity index (χ1n) is 4.09. The molecule has 0 bridgehead atoms. The van der Waals surface area contributed by atoms with E-state index >= 15 is 0 Å². The topological polar surface area (TPSA) is 26.0 Å². The summed E-state index contributed by atoms with van der Waals surface area (Å²) in [6, 6.07) is 9.76. The third kappa shape index (κ3) is 1.39. The van der Waals surface area contributed by atoms with E-state index in [-0.39, 0.29) is 32.7 Å². The molecular weight excluding hydrogens is 251 g/mol. The number of benzene rings is 1. The maximum absolute atomic E-state index is 5.36. The predicted octanol–water partition coefficient (Wildman–Crippen LogP) is 2.78. The summed E-state index contributed by atoms with van der Waals surface area (Å²) in [6.07, 6.45) is 4.59. The summed E-state index contributed by atoms with van der Waals surface area (Å²) >= 11 is 0. The third-order valence-electron chi connectivity index (χ3n) is 2.11. The van der Waals surface area contributed by atoms with Gasteiger partial charge in [0.15, 0.2) is 0 Å². The van der Waals surface area contributed by atoms with Crippen LogP contribution in [0.4, 0.5) is 0 Å². The number of para-hydroxylation sites is 1. The average molecular weight is 257 g/mol. The minimum absolute atomic E-state index is 0. The number of nitrogens with zero attached hydrogens (tertiary/aromatic N) is 1. The predicted molar refractivity (Wildman–Crippen MR) is 50.4 cm³/mol. The maximum Gasteiger partial charge on any atom is 0.0505 e. The molecule has 2 heterocycles. The molecule has 1 aromatic carbocycles. The Bertz CT molecular complexity index is 573. The van der Waals surface area contributed by atoms with Crippen LogP contribution in [-0.2, 0) is 32.7 Å². The van der Waals surface area contributed by atoms with E-state index in [9.17, 15) is 0 Å². The van der Waals surface area contributed by atoms with Gasteiger partial charge < -0.3 is 9.40 Å². The van der Waals surface area contributed by atoms with Crippen LogP contribution in [0.3, 0.4) is 0 Å². The molecule has 1 radical (unpaired) electrons. The van der Waals surface area contributed by atoms with E-state index in [0.29, 0.717) is 0 Å². The van der Waals surface area contributed by atoms with Crippen LogP contribution in [0.2, 0.25) is 0 Å². The molecule has 0 unspecified atom stereocenters. The number of aromatic nitrogens is 1. The van der Waals surface area contributed by atoms with Crippen LogP contribution in [0.15, 0.2) is 41.0 Å². The third-order valence-corrected chi connectivity index (χ3v) is 2.11. The molecule has 3 aromatic rings. The van der Waals surface area contributed by atoms with E-state index in [1.54, 1.807) is 6.26 Å². The molecule has 0 saturated heterocycles. The Morgan fingerprint density at radius 3 is 2.93 bits per heavy atom. The molecule has 0 aliphatic carbocycles. The summed E-state index contributed by atoms with van der Waals surface area (Å²) < 4.78 is 5.36. The quantitative estimate of drug-likeness (QED) is 0.579. The van der Waals surface area contributed by atoms with Gasteiger partial charge in [0.2, 0.25) is 0 Å². The number of pyridine rings is 1. The van der Waals surface area contributed by atoms with Crippen LogP contribution in [0.25, 0.3) is 21.9 Å². The van der Waals surface area contributed by atoms with E-state index in [4.69, 9.17) is 4.42 Å². The molecule has 65 valence electrons. The molecule has 0 aliphatic heterocycles. The zero-order valence-corrected chi connectivity index (χ0v) is 10.2. The van der Waals surface area contributed by atoms with E-state index in [2.05, 4.69) is 11.2 Å². The van der Waals surface area contributed by atoms with Crippen molar-refractivity contribution in [1.29, 1.82) is 0 Å². The van der Waals surface area contributed by atoms with Gasteiger partial charge in [-0.15, -0.1) is 0 Å². The Morgan fingerprint density at radius 1 is 1.14 bits per heavy atom. The van der Waals surface area contributed by atoms with Crippen LogP contribution >= 0.6 is 0 Å². The second-order valence-corrected chi connectivity index (χ2v) is 2.90. The second kappa shape index (κ2) is 3.80. The fraction of sp³-hybridized carbons (Fsp3) is 0. The van der Waals surface area contributed by atoms with Gasteiger partial charge in [-0.3, -0.25) is 0 Å². The van der Waals surface area contributed by atoms with Gasteiger partial charge in [0, 0.05) is 39.0 Å². The largest absolute Gasteiger partial charge is 0.518 e. The molecule has 0 N–H and O–H groups in total. The van der Waals surface area contributed by atoms with Gasteiger partial charge >= 0.3 is 0 Å². The molecule has 0 atom stereocenters. The summed E-state index contributed by atoms with van der Waals surface area (Å²) in [5, 5.41) is 1.97. The van der Waals surface area contributed by atoms with Gasteiger partial charge in [0.05, 0.1) is 5.58 Å². The number of fused-ring (bicyclic) bond motifs is 3. The molecule has 3 rings (SSSR count). The first-order valence-corrected chi connectivity index (χ1v) is 4.09. The SMILES string of the molecule is [Y].[c-]1nc2ccccc2c2occc12. The van der Waals surface area contributed by atoms with E-state index in [1.807, 2.05) is 30.3 Å². The molecule has 0 spiro atoms. The van der Waals surface area contributed by atoms with Crippen molar-refractivity contribution in [3.05, 3.63) is 42.8 Å². The molecule has 3 heteroatoms. The molecule has 2 nitrogen and oxygen atoms in total. The zero-order valence-electron chi connectivity index (χ0n) is 7.40. The first-order chi connectivity index (χ1) is 6.45. The Hall–Kier alpha value is -0.726. The van der Waals surface area contributed by atoms with Crippen LogP contribution < -0.4 is 0 Å². The van der Waals surface area contributed by atoms with Crippen molar-refractivity contribution in [3.8, 4) is 0 Å². The van der Waals surface area contributed by atoms with Crippen LogP contribution in [-0.4, -0.2) is 4.98 Å². The van der Waals surface area contributed by atoms with Gasteiger partial charge in [-0.05, 0) is 17.1 Å². The Kier molecular flexibility index (Phi) is 2.66. The summed E-state index contributed by atoms with van der Waals surface area (Å²) in [5.74, 6) is 0. The molecular formula is C11H6NOY-. The van der Waals surface area contributed by atoms with Crippen LogP contribution in [0.5, 0.6) is 0 Å². The Morgan fingerprint density at radius 2 is 2.00 bits per heavy atom. The minimum atomic E-state index is 0. The summed E-state index contributed by atoms with van der Waals surface area (Å²) in [5.41, 5.74) is 1.79. The number of furan rings is 1. The molecule has 0 amide bonds. The van der Waals surface area contributed by atoms with E-state index in [0.717, 1.165) is 21.9 Å². The van der Waals surface area contributed by atoms with Gasteiger partial charge in [-0.2, -0.15) is 0 Å². The van der Waals surface area contributed by atoms with Crippen LogP contribution in [0, 0.1) is 6.20 Å². The molecule has 0 fully saturated rings. The zero-order chi connectivity index (χ0) is 8.67. The molecule has 2 aromatic heterocycles. The van der Waals surface area contributed by atoms with Crippen molar-refractivity contribution in [2.45, 2.75) is 0 Å². The van der Waals surface area contributed by atoms with E-state index < -0.39 is 0 Å². The van der Waals surface area contributed by atoms with Crippen molar-refractivity contribution >= 4 is 21.9 Å². The minimum Gasteiger partial charge on any atom is -0.518 e. The first kappa shape index (κ1) is 9.81. The van der Waals surface area contributed by atoms with Crippen molar-refractivity contribution in [1.82, 2.24) is 4.98 Å². The Labute approximate surface area is 106 Å². The monoisotopic (exact) mass is 257 g/mol. The fourth-order valence-corrected chi connectivity index (χ4v) is 1.49. The molecule has 0 aliphatic rings. The molecule has 14 heavy (non-hydrogen) atoms. The van der Waals surface area contributed by atoms with Gasteiger partial charge in [0.25, 0.3) is 0 Å². The molecule has 0 saturated carbocycles. The Balaban J connectivity index is 0.000000750. The number of rotatable bonds is 0. The maximum atomic E-state index is 5.36. The summed E-state index contributed by atoms with van der Waals surface area (Å²) in [7, 11) is 0. The van der Waals surface area contributed by atoms with Crippen molar-refractivity contribution in [2.75, 3.05) is 0 Å². The van der Waals surface area contributed by atoms with Gasteiger partial charge in [-0.25, -0.2) is 0 Å². The summed E-state index contributed by atoms with van der Waals surface area (Å²) in [4.78, 5) is 4.20. The second-order valence-electron chi connectivity index (χ2n) is 2.90. The van der Waals surface area contributed by atoms with Crippen molar-refractivity contribution < 1.29 is 37.1 Å². The van der Waals surface area contributed by atoms with Crippen LogP contribution in [0.1, 0.15) is 0 Å². The standard InChI is InChI=1S/C11H6NO.Y/c1-2-4-10-9(3-1)11-8(7-12-10)5-6-13-11;/h1-6H;/q-1;. The number of hydrogen-bond donors (Lipinski definition) is 0. The van der Waals surface area contributed by atoms with Gasteiger partial charge in [-0.1, -0.05) is 35.7 Å². The average Bonchev–Trinajstić information content (AvgIpc) is 2.65. The van der Waals surface area contributed by atoms with Crippen molar-refractivity contribution in [2.24, 2.45) is 0 Å². The normalized spacial score (nSPS) is 10.3. The summed E-state index contributed by atoms with van der Waals surface area (Å²) in [6.45, 7) is 0. The smallest absolute Gasteiger partial charge is 0.0505 e. The van der Waals surface area contributed by atoms with Gasteiger partial charge in [0.1, 0.15) is 0 Å². The number of hydrogen-bond acceptors (Lipinski definition) is 2. The fourth-order valence-electron chi connectivity index (χ4n) is 1.49. The van der Waals surface area contributed by atoms with E-state index in [1.165, 1.54) is 0 Å².